The van der Waals surface area contributed by atoms with E-state index in [1.54, 1.807) is 0 Å². The van der Waals surface area contributed by atoms with Crippen LogP contribution in [0.5, 0.6) is 0 Å². The summed E-state index contributed by atoms with van der Waals surface area (Å²) in [5, 5.41) is 19.8. The summed E-state index contributed by atoms with van der Waals surface area (Å²) in [7, 11) is 0. The molecule has 1 fully saturated rings. The summed E-state index contributed by atoms with van der Waals surface area (Å²) in [6.45, 7) is 1.14. The minimum Gasteiger partial charge on any atom is -0.479 e. The molecule has 16 heavy (non-hydrogen) atoms. The molecule has 2 atom stereocenters. The van der Waals surface area contributed by atoms with Crippen LogP contribution < -0.4 is 5.32 Å². The Bertz CT molecular complexity index is 250. The first-order valence-electron chi connectivity index (χ1n) is 4.99. The maximum absolute atomic E-state index is 11.4. The summed E-state index contributed by atoms with van der Waals surface area (Å²) >= 11 is 0. The Balaban J connectivity index is 2.16. The second-order valence-electron chi connectivity index (χ2n) is 3.37. The molecular weight excluding hydrogens is 218 g/mol. The van der Waals surface area contributed by atoms with Crippen LogP contribution in [0.4, 0.5) is 0 Å². The van der Waals surface area contributed by atoms with Crippen molar-refractivity contribution in [1.82, 2.24) is 5.32 Å². The predicted molar refractivity (Wildman–Crippen MR) is 51.8 cm³/mol. The second-order valence-corrected chi connectivity index (χ2v) is 3.37. The molecule has 0 bridgehead atoms. The van der Waals surface area contributed by atoms with Crippen molar-refractivity contribution < 1.29 is 29.3 Å². The Labute approximate surface area is 92.3 Å². The van der Waals surface area contributed by atoms with Gasteiger partial charge in [0.2, 0.25) is 0 Å². The Kier molecular flexibility index (Phi) is 5.17. The number of carboxylic acids is 1. The Morgan fingerprint density at radius 2 is 2.19 bits per heavy atom. The fourth-order valence-corrected chi connectivity index (χ4v) is 1.21. The monoisotopic (exact) mass is 233 g/mol. The average molecular weight is 233 g/mol. The number of aliphatic carboxylic acids is 1. The molecule has 0 spiro atoms. The van der Waals surface area contributed by atoms with E-state index >= 15 is 0 Å². The van der Waals surface area contributed by atoms with E-state index in [0.29, 0.717) is 13.2 Å². The summed E-state index contributed by atoms with van der Waals surface area (Å²) in [6.07, 6.45) is -2.13. The molecule has 0 aromatic heterocycles. The molecule has 1 rings (SSSR count). The quantitative estimate of drug-likeness (QED) is 0.525. The molecule has 1 aliphatic heterocycles. The van der Waals surface area contributed by atoms with Crippen LogP contribution in [0.3, 0.4) is 0 Å². The highest BCUT2D eigenvalue weighted by atomic mass is 16.6. The predicted octanol–water partition coefficient (Wildman–Crippen LogP) is -1.65. The normalized spacial score (nSPS) is 22.4. The Morgan fingerprint density at radius 3 is 2.75 bits per heavy atom. The number of aliphatic hydroxyl groups excluding tert-OH is 1. The number of carbonyl (C=O) groups is 2. The molecule has 0 aromatic carbocycles. The number of carboxylic acid groups (broad SMARTS) is 1. The lowest BCUT2D eigenvalue weighted by Gasteiger charge is -2.22. The first-order chi connectivity index (χ1) is 7.61. The molecule has 3 N–H and O–H groups in total. The van der Waals surface area contributed by atoms with Gasteiger partial charge in [-0.05, 0) is 0 Å². The smallest absolute Gasteiger partial charge is 0.332 e. The van der Waals surface area contributed by atoms with Crippen LogP contribution >= 0.6 is 0 Å². The summed E-state index contributed by atoms with van der Waals surface area (Å²) in [5.74, 6) is -1.65. The van der Waals surface area contributed by atoms with Gasteiger partial charge >= 0.3 is 5.97 Å². The number of amides is 1. The molecule has 7 heteroatoms. The maximum Gasteiger partial charge on any atom is 0.332 e. The molecule has 0 aliphatic carbocycles. The van der Waals surface area contributed by atoms with Gasteiger partial charge in [-0.2, -0.15) is 0 Å². The lowest BCUT2D eigenvalue weighted by molar-refractivity contribution is -0.149. The van der Waals surface area contributed by atoms with Gasteiger partial charge in [0.05, 0.1) is 19.8 Å². The molecule has 92 valence electrons. The third kappa shape index (κ3) is 4.13. The minimum atomic E-state index is -1.45. The zero-order valence-electron chi connectivity index (χ0n) is 8.72. The van der Waals surface area contributed by atoms with Gasteiger partial charge in [0.1, 0.15) is 0 Å². The van der Waals surface area contributed by atoms with Crippen molar-refractivity contribution in [2.45, 2.75) is 18.6 Å². The van der Waals surface area contributed by atoms with Crippen molar-refractivity contribution in [2.75, 3.05) is 26.4 Å². The first kappa shape index (κ1) is 12.9. The number of hydrogen-bond donors (Lipinski definition) is 3. The number of hydrogen-bond acceptors (Lipinski definition) is 5. The fraction of sp³-hybridized carbons (Fsp3) is 0.778. The van der Waals surface area contributed by atoms with E-state index in [1.165, 1.54) is 0 Å². The number of ether oxygens (including phenoxy) is 2. The number of nitrogens with one attached hydrogen (secondary N) is 1. The van der Waals surface area contributed by atoms with Gasteiger partial charge in [-0.1, -0.05) is 0 Å². The van der Waals surface area contributed by atoms with E-state index in [4.69, 9.17) is 19.7 Å². The maximum atomic E-state index is 11.4. The number of aliphatic hydroxyl groups is 1. The largest absolute Gasteiger partial charge is 0.479 e. The van der Waals surface area contributed by atoms with Crippen molar-refractivity contribution in [3.8, 4) is 0 Å². The van der Waals surface area contributed by atoms with Crippen molar-refractivity contribution in [3.05, 3.63) is 0 Å². The van der Waals surface area contributed by atoms with Crippen LogP contribution in [0.15, 0.2) is 0 Å². The zero-order chi connectivity index (χ0) is 12.0. The Hall–Kier alpha value is -1.18. The fourth-order valence-electron chi connectivity index (χ4n) is 1.21. The van der Waals surface area contributed by atoms with Crippen LogP contribution in [0.25, 0.3) is 0 Å². The lowest BCUT2D eigenvalue weighted by atomic mass is 10.2. The minimum absolute atomic E-state index is 0.0331. The molecule has 0 aromatic rings. The van der Waals surface area contributed by atoms with Crippen molar-refractivity contribution in [2.24, 2.45) is 0 Å². The topological polar surface area (TPSA) is 105 Å². The average Bonchev–Trinajstić information content (AvgIpc) is 2.29. The van der Waals surface area contributed by atoms with Crippen LogP contribution in [-0.2, 0) is 19.1 Å². The van der Waals surface area contributed by atoms with E-state index in [1.807, 2.05) is 0 Å². The van der Waals surface area contributed by atoms with Gasteiger partial charge in [0, 0.05) is 13.0 Å². The third-order valence-electron chi connectivity index (χ3n) is 2.11. The SMILES string of the molecule is O=C(O)C(O)CCNC(=O)C1COCCO1. The van der Waals surface area contributed by atoms with Crippen LogP contribution in [0, 0.1) is 0 Å². The number of carbonyl (C=O) groups excluding carboxylic acids is 1. The molecule has 7 nitrogen and oxygen atoms in total. The lowest BCUT2D eigenvalue weighted by Crippen LogP contribution is -2.43. The summed E-state index contributed by atoms with van der Waals surface area (Å²) in [6, 6.07) is 0. The van der Waals surface area contributed by atoms with E-state index in [9.17, 15) is 9.59 Å². The summed E-state index contributed by atoms with van der Waals surface area (Å²) in [4.78, 5) is 21.7. The van der Waals surface area contributed by atoms with Crippen molar-refractivity contribution in [1.29, 1.82) is 0 Å². The molecule has 0 saturated carbocycles. The highest BCUT2D eigenvalue weighted by Gasteiger charge is 2.22. The van der Waals surface area contributed by atoms with Crippen LogP contribution in [0.1, 0.15) is 6.42 Å². The molecule has 1 aliphatic rings. The standard InChI is InChI=1S/C9H15NO6/c11-6(9(13)14)1-2-10-8(12)7-5-15-3-4-16-7/h6-7,11H,1-5H2,(H,10,12)(H,13,14). The third-order valence-corrected chi connectivity index (χ3v) is 2.11. The highest BCUT2D eigenvalue weighted by Crippen LogP contribution is 2.00. The van der Waals surface area contributed by atoms with E-state index in [-0.39, 0.29) is 25.5 Å². The van der Waals surface area contributed by atoms with Gasteiger partial charge in [-0.25, -0.2) is 4.79 Å². The van der Waals surface area contributed by atoms with Crippen LogP contribution in [0.2, 0.25) is 0 Å². The van der Waals surface area contributed by atoms with Gasteiger partial charge in [-0.3, -0.25) is 4.79 Å². The van der Waals surface area contributed by atoms with E-state index in [2.05, 4.69) is 5.32 Å². The van der Waals surface area contributed by atoms with Crippen molar-refractivity contribution >= 4 is 11.9 Å². The van der Waals surface area contributed by atoms with E-state index in [0.717, 1.165) is 0 Å². The highest BCUT2D eigenvalue weighted by molar-refractivity contribution is 5.81. The molecule has 0 radical (unpaired) electrons. The molecule has 1 heterocycles. The van der Waals surface area contributed by atoms with Gasteiger partial charge in [0.15, 0.2) is 12.2 Å². The number of rotatable bonds is 5. The first-order valence-corrected chi connectivity index (χ1v) is 4.99. The molecule has 1 amide bonds. The van der Waals surface area contributed by atoms with E-state index < -0.39 is 18.2 Å². The zero-order valence-corrected chi connectivity index (χ0v) is 8.72. The molecule has 2 unspecified atom stereocenters. The van der Waals surface area contributed by atoms with Gasteiger partial charge in [0.25, 0.3) is 5.91 Å². The van der Waals surface area contributed by atoms with Gasteiger partial charge < -0.3 is 25.0 Å². The second kappa shape index (κ2) is 6.41. The van der Waals surface area contributed by atoms with Gasteiger partial charge in [-0.15, -0.1) is 0 Å². The Morgan fingerprint density at radius 1 is 1.44 bits per heavy atom. The van der Waals surface area contributed by atoms with Crippen LogP contribution in [-0.4, -0.2) is 60.7 Å². The molecular formula is C9H15NO6. The molecule has 1 saturated heterocycles. The summed E-state index contributed by atoms with van der Waals surface area (Å²) < 4.78 is 10.2. The summed E-state index contributed by atoms with van der Waals surface area (Å²) in [5.41, 5.74) is 0. The van der Waals surface area contributed by atoms with Crippen molar-refractivity contribution in [3.63, 3.8) is 0 Å².